The number of aromatic amines is 2. The van der Waals surface area contributed by atoms with E-state index in [1.807, 2.05) is 18.8 Å². The molecule has 0 saturated carbocycles. The molecular weight excluding hydrogens is 266 g/mol. The van der Waals surface area contributed by atoms with E-state index in [2.05, 4.69) is 10.3 Å². The maximum absolute atomic E-state index is 11.7. The van der Waals surface area contributed by atoms with Gasteiger partial charge in [0.05, 0.1) is 6.42 Å². The number of nitrogens with one attached hydrogen (secondary N) is 3. The molecule has 0 saturated heterocycles. The second-order valence-corrected chi connectivity index (χ2v) is 4.88. The second-order valence-electron chi connectivity index (χ2n) is 4.88. The average Bonchev–Trinajstić information content (AvgIpc) is 2.25. The molecule has 0 unspecified atom stereocenters. The van der Waals surface area contributed by atoms with Crippen LogP contribution in [0.4, 0.5) is 0 Å². The summed E-state index contributed by atoms with van der Waals surface area (Å²) in [6.07, 6.45) is 0.0357. The number of H-pyrrole nitrogens is 2. The Morgan fingerprint density at radius 2 is 1.95 bits per heavy atom. The van der Waals surface area contributed by atoms with Gasteiger partial charge >= 0.3 is 11.7 Å². The highest BCUT2D eigenvalue weighted by molar-refractivity contribution is 5.84. The van der Waals surface area contributed by atoms with Crippen LogP contribution in [0.3, 0.4) is 0 Å². The summed E-state index contributed by atoms with van der Waals surface area (Å²) in [4.78, 5) is 49.1. The molecule has 0 aliphatic heterocycles. The van der Waals surface area contributed by atoms with Crippen molar-refractivity contribution in [3.63, 3.8) is 0 Å². The van der Waals surface area contributed by atoms with Gasteiger partial charge in [-0.2, -0.15) is 0 Å². The van der Waals surface area contributed by atoms with E-state index < -0.39 is 29.2 Å². The number of rotatable bonds is 6. The summed E-state index contributed by atoms with van der Waals surface area (Å²) in [5.74, 6) is -1.58. The minimum absolute atomic E-state index is 0.107. The Bertz CT molecular complexity index is 573. The van der Waals surface area contributed by atoms with Gasteiger partial charge in [0.25, 0.3) is 5.56 Å². The van der Waals surface area contributed by atoms with E-state index in [0.29, 0.717) is 6.42 Å². The van der Waals surface area contributed by atoms with Crippen molar-refractivity contribution in [2.24, 2.45) is 5.92 Å². The van der Waals surface area contributed by atoms with E-state index >= 15 is 0 Å². The minimum atomic E-state index is -1.12. The SMILES string of the molecule is CC(C)C[C@H](NC(=O)Cc1cc(=O)[nH]c(=O)[nH]1)C(=O)O. The van der Waals surface area contributed by atoms with Crippen molar-refractivity contribution in [3.8, 4) is 0 Å². The van der Waals surface area contributed by atoms with Crippen LogP contribution in [0.5, 0.6) is 0 Å². The Labute approximate surface area is 114 Å². The third-order valence-corrected chi connectivity index (χ3v) is 2.51. The first-order valence-electron chi connectivity index (χ1n) is 6.12. The summed E-state index contributed by atoms with van der Waals surface area (Å²) in [6.45, 7) is 3.69. The molecule has 8 heteroatoms. The van der Waals surface area contributed by atoms with Crippen LogP contribution >= 0.6 is 0 Å². The van der Waals surface area contributed by atoms with Crippen molar-refractivity contribution < 1.29 is 14.7 Å². The molecule has 1 rings (SSSR count). The van der Waals surface area contributed by atoms with Crippen LogP contribution in [0.1, 0.15) is 26.0 Å². The van der Waals surface area contributed by atoms with Gasteiger partial charge in [-0.3, -0.25) is 14.6 Å². The van der Waals surface area contributed by atoms with Gasteiger partial charge in [0.2, 0.25) is 5.91 Å². The Kier molecular flexibility index (Phi) is 5.24. The third-order valence-electron chi connectivity index (χ3n) is 2.51. The molecule has 0 bridgehead atoms. The standard InChI is InChI=1S/C12H17N3O5/c1-6(2)3-8(11(18)19)14-9(16)4-7-5-10(17)15-12(20)13-7/h5-6,8H,3-4H2,1-2H3,(H,14,16)(H,18,19)(H2,13,15,17,20)/t8-/m0/s1. The first-order valence-corrected chi connectivity index (χ1v) is 6.12. The normalized spacial score (nSPS) is 12.2. The number of amides is 1. The molecule has 1 atom stereocenters. The molecule has 1 aromatic heterocycles. The van der Waals surface area contributed by atoms with Crippen LogP contribution in [0.25, 0.3) is 0 Å². The lowest BCUT2D eigenvalue weighted by atomic mass is 10.0. The Balaban J connectivity index is 2.72. The lowest BCUT2D eigenvalue weighted by Crippen LogP contribution is -2.42. The van der Waals surface area contributed by atoms with Crippen molar-refractivity contribution in [1.29, 1.82) is 0 Å². The van der Waals surface area contributed by atoms with Crippen LogP contribution in [0.2, 0.25) is 0 Å². The van der Waals surface area contributed by atoms with Crippen molar-refractivity contribution in [2.75, 3.05) is 0 Å². The molecule has 110 valence electrons. The molecular formula is C12H17N3O5. The molecule has 0 radical (unpaired) electrons. The van der Waals surface area contributed by atoms with E-state index in [1.165, 1.54) is 0 Å². The fourth-order valence-electron chi connectivity index (χ4n) is 1.73. The van der Waals surface area contributed by atoms with Crippen LogP contribution in [0.15, 0.2) is 15.7 Å². The van der Waals surface area contributed by atoms with Gasteiger partial charge in [-0.15, -0.1) is 0 Å². The number of hydrogen-bond donors (Lipinski definition) is 4. The van der Waals surface area contributed by atoms with E-state index in [9.17, 15) is 19.2 Å². The first kappa shape index (κ1) is 15.7. The zero-order valence-electron chi connectivity index (χ0n) is 11.2. The Morgan fingerprint density at radius 1 is 1.30 bits per heavy atom. The predicted octanol–water partition coefficient (Wildman–Crippen LogP) is -0.779. The lowest BCUT2D eigenvalue weighted by molar-refractivity contribution is -0.142. The smallest absolute Gasteiger partial charge is 0.326 e. The molecule has 20 heavy (non-hydrogen) atoms. The van der Waals surface area contributed by atoms with Crippen LogP contribution < -0.4 is 16.6 Å². The van der Waals surface area contributed by atoms with Gasteiger partial charge in [0.15, 0.2) is 0 Å². The number of carbonyl (C=O) groups is 2. The van der Waals surface area contributed by atoms with Gasteiger partial charge in [-0.05, 0) is 12.3 Å². The summed E-state index contributed by atoms with van der Waals surface area (Å²) >= 11 is 0. The maximum Gasteiger partial charge on any atom is 0.326 e. The summed E-state index contributed by atoms with van der Waals surface area (Å²) < 4.78 is 0. The molecule has 0 aliphatic carbocycles. The molecule has 0 aromatic carbocycles. The molecule has 0 fully saturated rings. The largest absolute Gasteiger partial charge is 0.480 e. The lowest BCUT2D eigenvalue weighted by Gasteiger charge is -2.16. The molecule has 1 aromatic rings. The minimum Gasteiger partial charge on any atom is -0.480 e. The topological polar surface area (TPSA) is 132 Å². The van der Waals surface area contributed by atoms with E-state index in [4.69, 9.17) is 5.11 Å². The Hall–Kier alpha value is -2.38. The molecule has 0 spiro atoms. The van der Waals surface area contributed by atoms with E-state index in [-0.39, 0.29) is 18.0 Å². The van der Waals surface area contributed by atoms with E-state index in [1.54, 1.807) is 0 Å². The highest BCUT2D eigenvalue weighted by atomic mass is 16.4. The number of aliphatic carboxylic acids is 1. The maximum atomic E-state index is 11.7. The fourth-order valence-corrected chi connectivity index (χ4v) is 1.73. The molecule has 0 aliphatic rings. The van der Waals surface area contributed by atoms with Crippen LogP contribution in [-0.2, 0) is 16.0 Å². The molecule has 4 N–H and O–H groups in total. The van der Waals surface area contributed by atoms with Gasteiger partial charge in [-0.25, -0.2) is 9.59 Å². The number of hydrogen-bond acceptors (Lipinski definition) is 4. The highest BCUT2D eigenvalue weighted by Crippen LogP contribution is 2.05. The van der Waals surface area contributed by atoms with Crippen LogP contribution in [0, 0.1) is 5.92 Å². The zero-order chi connectivity index (χ0) is 15.3. The zero-order valence-corrected chi connectivity index (χ0v) is 11.2. The van der Waals surface area contributed by atoms with E-state index in [0.717, 1.165) is 6.07 Å². The predicted molar refractivity (Wildman–Crippen MR) is 70.4 cm³/mol. The Morgan fingerprint density at radius 3 is 2.45 bits per heavy atom. The monoisotopic (exact) mass is 283 g/mol. The fraction of sp³-hybridized carbons (Fsp3) is 0.500. The molecule has 1 amide bonds. The van der Waals surface area contributed by atoms with Gasteiger partial charge < -0.3 is 15.4 Å². The number of aromatic nitrogens is 2. The van der Waals surface area contributed by atoms with Crippen molar-refractivity contribution in [2.45, 2.75) is 32.7 Å². The van der Waals surface area contributed by atoms with Gasteiger partial charge in [0, 0.05) is 11.8 Å². The van der Waals surface area contributed by atoms with Crippen molar-refractivity contribution in [1.82, 2.24) is 15.3 Å². The highest BCUT2D eigenvalue weighted by Gasteiger charge is 2.21. The summed E-state index contributed by atoms with van der Waals surface area (Å²) in [5.41, 5.74) is -1.20. The number of carboxylic acid groups (broad SMARTS) is 1. The third kappa shape index (κ3) is 5.09. The van der Waals surface area contributed by atoms with Crippen molar-refractivity contribution in [3.05, 3.63) is 32.6 Å². The van der Waals surface area contributed by atoms with Crippen LogP contribution in [-0.4, -0.2) is 33.0 Å². The molecule has 8 nitrogen and oxygen atoms in total. The number of carboxylic acids is 1. The quantitative estimate of drug-likeness (QED) is 0.543. The molecule has 1 heterocycles. The summed E-state index contributed by atoms with van der Waals surface area (Å²) in [7, 11) is 0. The van der Waals surface area contributed by atoms with Gasteiger partial charge in [-0.1, -0.05) is 13.8 Å². The van der Waals surface area contributed by atoms with Gasteiger partial charge in [0.1, 0.15) is 6.04 Å². The summed E-state index contributed by atoms with van der Waals surface area (Å²) in [5, 5.41) is 11.4. The van der Waals surface area contributed by atoms with Crippen molar-refractivity contribution >= 4 is 11.9 Å². The first-order chi connectivity index (χ1) is 9.27. The second kappa shape index (κ2) is 6.69. The number of carbonyl (C=O) groups excluding carboxylic acids is 1. The average molecular weight is 283 g/mol. The summed E-state index contributed by atoms with van der Waals surface area (Å²) in [6, 6.07) is 0.0929.